The van der Waals surface area contributed by atoms with Gasteiger partial charge in [-0.3, -0.25) is 0 Å². The van der Waals surface area contributed by atoms with Crippen LogP contribution in [-0.4, -0.2) is 30.2 Å². The topological polar surface area (TPSA) is 38.8 Å². The number of amides is 1. The third-order valence-corrected chi connectivity index (χ3v) is 4.85. The highest BCUT2D eigenvalue weighted by Crippen LogP contribution is 2.26. The van der Waals surface area contributed by atoms with E-state index in [2.05, 4.69) is 19.1 Å². The standard InChI is InChI=1S/C19H27NO3/c1-14-10-17(12-20-11-15(2)23-19(20)21)8-9-18(14)22-13-16-6-4-3-5-7-16/h8-10,15-16H,3-7,11-13H2,1-2H3/t15-/m1/s1. The molecule has 1 heterocycles. The van der Waals surface area contributed by atoms with E-state index in [1.165, 1.54) is 32.1 Å². The second-order valence-electron chi connectivity index (χ2n) is 6.99. The van der Waals surface area contributed by atoms with Gasteiger partial charge in [0, 0.05) is 6.54 Å². The number of carbonyl (C=O) groups excluding carboxylic acids is 1. The van der Waals surface area contributed by atoms with Gasteiger partial charge in [0.2, 0.25) is 0 Å². The van der Waals surface area contributed by atoms with Crippen LogP contribution in [-0.2, 0) is 11.3 Å². The number of carbonyl (C=O) groups is 1. The molecule has 4 heteroatoms. The number of aryl methyl sites for hydroxylation is 1. The van der Waals surface area contributed by atoms with Gasteiger partial charge in [-0.05, 0) is 49.8 Å². The second kappa shape index (κ2) is 7.24. The van der Waals surface area contributed by atoms with E-state index in [0.717, 1.165) is 23.5 Å². The Morgan fingerprint density at radius 2 is 2.04 bits per heavy atom. The first-order valence-corrected chi connectivity index (χ1v) is 8.79. The van der Waals surface area contributed by atoms with Gasteiger partial charge in [0.1, 0.15) is 11.9 Å². The maximum Gasteiger partial charge on any atom is 0.410 e. The molecule has 126 valence electrons. The molecule has 1 aromatic rings. The first-order chi connectivity index (χ1) is 11.1. The van der Waals surface area contributed by atoms with Crippen molar-refractivity contribution in [1.29, 1.82) is 0 Å². The summed E-state index contributed by atoms with van der Waals surface area (Å²) in [6, 6.07) is 6.21. The van der Waals surface area contributed by atoms with E-state index in [9.17, 15) is 4.79 Å². The monoisotopic (exact) mass is 317 g/mol. The third-order valence-electron chi connectivity index (χ3n) is 4.85. The Labute approximate surface area is 138 Å². The van der Waals surface area contributed by atoms with Crippen LogP contribution in [0.3, 0.4) is 0 Å². The third kappa shape index (κ3) is 4.18. The number of benzene rings is 1. The van der Waals surface area contributed by atoms with Crippen molar-refractivity contribution in [2.75, 3.05) is 13.2 Å². The van der Waals surface area contributed by atoms with Crippen molar-refractivity contribution in [3.8, 4) is 5.75 Å². The van der Waals surface area contributed by atoms with E-state index < -0.39 is 0 Å². The quantitative estimate of drug-likeness (QED) is 0.813. The molecule has 0 N–H and O–H groups in total. The average Bonchev–Trinajstić information content (AvgIpc) is 2.85. The van der Waals surface area contributed by atoms with Gasteiger partial charge in [-0.15, -0.1) is 0 Å². The molecular weight excluding hydrogens is 290 g/mol. The van der Waals surface area contributed by atoms with Crippen molar-refractivity contribution < 1.29 is 14.3 Å². The van der Waals surface area contributed by atoms with Gasteiger partial charge in [-0.1, -0.05) is 31.4 Å². The molecule has 2 aliphatic rings. The Bertz CT molecular complexity index is 552. The summed E-state index contributed by atoms with van der Waals surface area (Å²) < 4.78 is 11.2. The lowest BCUT2D eigenvalue weighted by Gasteiger charge is -2.22. The number of cyclic esters (lactones) is 1. The minimum absolute atomic E-state index is 0.0123. The van der Waals surface area contributed by atoms with E-state index in [4.69, 9.17) is 9.47 Å². The summed E-state index contributed by atoms with van der Waals surface area (Å²) in [7, 11) is 0. The molecule has 1 saturated heterocycles. The molecule has 1 amide bonds. The van der Waals surface area contributed by atoms with Crippen molar-refractivity contribution in [3.63, 3.8) is 0 Å². The summed E-state index contributed by atoms with van der Waals surface area (Å²) in [5.74, 6) is 1.68. The zero-order chi connectivity index (χ0) is 16.2. The van der Waals surface area contributed by atoms with Crippen LogP contribution in [0.1, 0.15) is 50.2 Å². The Morgan fingerprint density at radius 3 is 2.70 bits per heavy atom. The molecule has 1 saturated carbocycles. The first-order valence-electron chi connectivity index (χ1n) is 8.79. The molecule has 0 spiro atoms. The molecule has 1 aromatic carbocycles. The summed E-state index contributed by atoms with van der Waals surface area (Å²) in [6.07, 6.45) is 6.43. The molecule has 0 bridgehead atoms. The van der Waals surface area contributed by atoms with Crippen molar-refractivity contribution >= 4 is 6.09 Å². The van der Waals surface area contributed by atoms with Crippen LogP contribution < -0.4 is 4.74 Å². The van der Waals surface area contributed by atoms with Crippen LogP contribution in [0.15, 0.2) is 18.2 Å². The lowest BCUT2D eigenvalue weighted by Crippen LogP contribution is -2.24. The van der Waals surface area contributed by atoms with Crippen LogP contribution in [0.5, 0.6) is 5.75 Å². The Balaban J connectivity index is 1.56. The molecule has 0 aromatic heterocycles. The molecule has 0 unspecified atom stereocenters. The summed E-state index contributed by atoms with van der Waals surface area (Å²) in [5, 5.41) is 0. The molecule has 1 atom stereocenters. The maximum absolute atomic E-state index is 11.7. The van der Waals surface area contributed by atoms with Crippen molar-refractivity contribution in [2.24, 2.45) is 5.92 Å². The van der Waals surface area contributed by atoms with Crippen LogP contribution in [0.2, 0.25) is 0 Å². The van der Waals surface area contributed by atoms with E-state index in [1.54, 1.807) is 4.90 Å². The van der Waals surface area contributed by atoms with Gasteiger partial charge in [0.15, 0.2) is 0 Å². The van der Waals surface area contributed by atoms with Crippen molar-refractivity contribution in [1.82, 2.24) is 4.90 Å². The molecular formula is C19H27NO3. The van der Waals surface area contributed by atoms with Gasteiger partial charge in [0.25, 0.3) is 0 Å². The highest BCUT2D eigenvalue weighted by atomic mass is 16.6. The second-order valence-corrected chi connectivity index (χ2v) is 6.99. The summed E-state index contributed by atoms with van der Waals surface area (Å²) in [4.78, 5) is 13.4. The van der Waals surface area contributed by atoms with Crippen LogP contribution in [0, 0.1) is 12.8 Å². The van der Waals surface area contributed by atoms with E-state index >= 15 is 0 Å². The number of nitrogens with zero attached hydrogens (tertiary/aromatic N) is 1. The van der Waals surface area contributed by atoms with Crippen LogP contribution in [0.4, 0.5) is 4.79 Å². The van der Waals surface area contributed by atoms with Crippen LogP contribution in [0.25, 0.3) is 0 Å². The minimum atomic E-state index is -0.215. The van der Waals surface area contributed by atoms with Crippen LogP contribution >= 0.6 is 0 Å². The maximum atomic E-state index is 11.7. The number of rotatable bonds is 5. The Morgan fingerprint density at radius 1 is 1.26 bits per heavy atom. The number of hydrogen-bond donors (Lipinski definition) is 0. The van der Waals surface area contributed by atoms with Gasteiger partial charge in [0.05, 0.1) is 13.2 Å². The van der Waals surface area contributed by atoms with Crippen molar-refractivity contribution in [2.45, 2.75) is 58.6 Å². The summed E-state index contributed by atoms with van der Waals surface area (Å²) >= 11 is 0. The Hall–Kier alpha value is -1.71. The number of ether oxygens (including phenoxy) is 2. The molecule has 4 nitrogen and oxygen atoms in total. The lowest BCUT2D eigenvalue weighted by molar-refractivity contribution is 0.137. The van der Waals surface area contributed by atoms with Crippen molar-refractivity contribution in [3.05, 3.63) is 29.3 Å². The lowest BCUT2D eigenvalue weighted by atomic mass is 9.90. The van der Waals surface area contributed by atoms with E-state index in [-0.39, 0.29) is 12.2 Å². The molecule has 1 aliphatic carbocycles. The SMILES string of the molecule is Cc1cc(CN2C[C@@H](C)OC2=O)ccc1OCC1CCCCC1. The molecule has 0 radical (unpaired) electrons. The fourth-order valence-corrected chi connectivity index (χ4v) is 3.55. The molecule has 3 rings (SSSR count). The fourth-order valence-electron chi connectivity index (χ4n) is 3.55. The largest absolute Gasteiger partial charge is 0.493 e. The molecule has 23 heavy (non-hydrogen) atoms. The van der Waals surface area contributed by atoms with Gasteiger partial charge in [-0.2, -0.15) is 0 Å². The average molecular weight is 317 g/mol. The highest BCUT2D eigenvalue weighted by molar-refractivity contribution is 5.69. The zero-order valence-corrected chi connectivity index (χ0v) is 14.2. The highest BCUT2D eigenvalue weighted by Gasteiger charge is 2.27. The van der Waals surface area contributed by atoms with Gasteiger partial charge < -0.3 is 14.4 Å². The molecule has 2 fully saturated rings. The summed E-state index contributed by atoms with van der Waals surface area (Å²) in [6.45, 7) is 6.09. The first kappa shape index (κ1) is 16.2. The zero-order valence-electron chi connectivity index (χ0n) is 14.2. The normalized spacial score (nSPS) is 22.3. The predicted molar refractivity (Wildman–Crippen MR) is 89.6 cm³/mol. The van der Waals surface area contributed by atoms with Gasteiger partial charge in [-0.25, -0.2) is 4.79 Å². The summed E-state index contributed by atoms with van der Waals surface area (Å²) in [5.41, 5.74) is 2.26. The van der Waals surface area contributed by atoms with E-state index in [1.807, 2.05) is 13.0 Å². The minimum Gasteiger partial charge on any atom is -0.493 e. The number of hydrogen-bond acceptors (Lipinski definition) is 3. The smallest absolute Gasteiger partial charge is 0.410 e. The Kier molecular flexibility index (Phi) is 5.09. The van der Waals surface area contributed by atoms with E-state index in [0.29, 0.717) is 19.0 Å². The van der Waals surface area contributed by atoms with Gasteiger partial charge >= 0.3 is 6.09 Å². The fraction of sp³-hybridized carbons (Fsp3) is 0.632. The predicted octanol–water partition coefficient (Wildman–Crippen LogP) is 4.29. The molecule has 1 aliphatic heterocycles.